The average molecular weight is 373 g/mol. The van der Waals surface area contributed by atoms with Gasteiger partial charge in [-0.25, -0.2) is 0 Å². The maximum atomic E-state index is 12.3. The summed E-state index contributed by atoms with van der Waals surface area (Å²) in [5.74, 6) is 0.588. The van der Waals surface area contributed by atoms with Crippen LogP contribution in [0.15, 0.2) is 48.5 Å². The minimum Gasteiger partial charge on any atom is -0.496 e. The molecular weight excluding hydrogens is 352 g/mol. The van der Waals surface area contributed by atoms with Gasteiger partial charge in [-0.15, -0.1) is 0 Å². The zero-order valence-electron chi connectivity index (χ0n) is 14.6. The predicted octanol–water partition coefficient (Wildman–Crippen LogP) is 2.81. The SMILES string of the molecule is COc1ccccc1CC(=O)N[C@@H]1CC(=O)N(Cc2ccccc2Cl)C1. The third kappa shape index (κ3) is 4.35. The van der Waals surface area contributed by atoms with Gasteiger partial charge < -0.3 is 15.0 Å². The number of carbonyl (C=O) groups is 2. The van der Waals surface area contributed by atoms with Gasteiger partial charge in [-0.3, -0.25) is 9.59 Å². The fraction of sp³-hybridized carbons (Fsp3) is 0.300. The van der Waals surface area contributed by atoms with E-state index in [1.807, 2.05) is 48.5 Å². The molecule has 1 fully saturated rings. The summed E-state index contributed by atoms with van der Waals surface area (Å²) in [6.07, 6.45) is 0.529. The van der Waals surface area contributed by atoms with E-state index in [2.05, 4.69) is 5.32 Å². The van der Waals surface area contributed by atoms with E-state index < -0.39 is 0 Å². The van der Waals surface area contributed by atoms with Crippen molar-refractivity contribution >= 4 is 23.4 Å². The largest absolute Gasteiger partial charge is 0.496 e. The lowest BCUT2D eigenvalue weighted by Gasteiger charge is -2.18. The fourth-order valence-electron chi connectivity index (χ4n) is 3.15. The maximum absolute atomic E-state index is 12.3. The molecule has 6 heteroatoms. The van der Waals surface area contributed by atoms with Crippen LogP contribution in [0.25, 0.3) is 0 Å². The first kappa shape index (κ1) is 18.3. The maximum Gasteiger partial charge on any atom is 0.225 e. The highest BCUT2D eigenvalue weighted by atomic mass is 35.5. The molecule has 1 saturated heterocycles. The lowest BCUT2D eigenvalue weighted by Crippen LogP contribution is -2.37. The first-order valence-corrected chi connectivity index (χ1v) is 8.87. The Morgan fingerprint density at radius 2 is 1.88 bits per heavy atom. The Labute approximate surface area is 157 Å². The molecule has 2 aromatic carbocycles. The van der Waals surface area contributed by atoms with Crippen molar-refractivity contribution in [2.24, 2.45) is 0 Å². The summed E-state index contributed by atoms with van der Waals surface area (Å²) in [7, 11) is 1.58. The van der Waals surface area contributed by atoms with Crippen LogP contribution in [0.4, 0.5) is 0 Å². The molecule has 0 spiro atoms. The van der Waals surface area contributed by atoms with Gasteiger partial charge in [0.25, 0.3) is 0 Å². The Morgan fingerprint density at radius 1 is 1.19 bits per heavy atom. The summed E-state index contributed by atoms with van der Waals surface area (Å²) in [5.41, 5.74) is 1.73. The molecule has 1 N–H and O–H groups in total. The summed E-state index contributed by atoms with van der Waals surface area (Å²) in [5, 5.41) is 3.59. The van der Waals surface area contributed by atoms with Crippen LogP contribution >= 0.6 is 11.6 Å². The topological polar surface area (TPSA) is 58.6 Å². The summed E-state index contributed by atoms with van der Waals surface area (Å²) in [4.78, 5) is 26.3. The van der Waals surface area contributed by atoms with Crippen LogP contribution < -0.4 is 10.1 Å². The monoisotopic (exact) mass is 372 g/mol. The standard InChI is InChI=1S/C20H21ClN2O3/c1-26-18-9-5-3-6-14(18)10-19(24)22-16-11-20(25)23(13-16)12-15-7-2-4-8-17(15)21/h2-9,16H,10-13H2,1H3,(H,22,24)/t16-/m1/s1. The number of hydrogen-bond donors (Lipinski definition) is 1. The number of para-hydroxylation sites is 1. The minimum absolute atomic E-state index is 0.0208. The number of hydrogen-bond acceptors (Lipinski definition) is 3. The Kier molecular flexibility index (Phi) is 5.78. The van der Waals surface area contributed by atoms with Gasteiger partial charge in [-0.2, -0.15) is 0 Å². The van der Waals surface area contributed by atoms with Crippen LogP contribution in [0.2, 0.25) is 5.02 Å². The number of carbonyl (C=O) groups excluding carboxylic acids is 2. The number of amides is 2. The quantitative estimate of drug-likeness (QED) is 0.848. The van der Waals surface area contributed by atoms with Gasteiger partial charge in [0.1, 0.15) is 5.75 Å². The van der Waals surface area contributed by atoms with Crippen LogP contribution in [-0.4, -0.2) is 36.4 Å². The number of likely N-dealkylation sites (tertiary alicyclic amines) is 1. The van der Waals surface area contributed by atoms with Crippen LogP contribution in [0.5, 0.6) is 5.75 Å². The van der Waals surface area contributed by atoms with E-state index in [0.717, 1.165) is 11.1 Å². The average Bonchev–Trinajstić information content (AvgIpc) is 2.96. The van der Waals surface area contributed by atoms with Crippen molar-refractivity contribution in [3.63, 3.8) is 0 Å². The molecule has 0 aliphatic carbocycles. The summed E-state index contributed by atoms with van der Waals surface area (Å²) in [6, 6.07) is 14.7. The molecule has 0 unspecified atom stereocenters. The number of halogens is 1. The molecule has 0 aromatic heterocycles. The van der Waals surface area contributed by atoms with Crippen molar-refractivity contribution in [1.82, 2.24) is 10.2 Å². The molecule has 1 atom stereocenters. The molecule has 0 bridgehead atoms. The molecule has 5 nitrogen and oxygen atoms in total. The van der Waals surface area contributed by atoms with E-state index in [1.165, 1.54) is 0 Å². The highest BCUT2D eigenvalue weighted by molar-refractivity contribution is 6.31. The second kappa shape index (κ2) is 8.23. The Morgan fingerprint density at radius 3 is 2.62 bits per heavy atom. The first-order chi connectivity index (χ1) is 12.6. The normalized spacial score (nSPS) is 16.6. The molecule has 0 saturated carbocycles. The number of ether oxygens (including phenoxy) is 1. The smallest absolute Gasteiger partial charge is 0.225 e. The predicted molar refractivity (Wildman–Crippen MR) is 100 cm³/mol. The Balaban J connectivity index is 1.57. The third-order valence-corrected chi connectivity index (χ3v) is 4.81. The first-order valence-electron chi connectivity index (χ1n) is 8.49. The lowest BCUT2D eigenvalue weighted by molar-refractivity contribution is -0.128. The van der Waals surface area contributed by atoms with E-state index in [1.54, 1.807) is 12.0 Å². The fourth-order valence-corrected chi connectivity index (χ4v) is 3.35. The van der Waals surface area contributed by atoms with Gasteiger partial charge >= 0.3 is 0 Å². The second-order valence-electron chi connectivity index (χ2n) is 6.32. The molecule has 1 aliphatic heterocycles. The van der Waals surface area contributed by atoms with Crippen LogP contribution in [0.3, 0.4) is 0 Å². The number of nitrogens with zero attached hydrogens (tertiary/aromatic N) is 1. The van der Waals surface area contributed by atoms with E-state index in [0.29, 0.717) is 30.3 Å². The molecule has 136 valence electrons. The van der Waals surface area contributed by atoms with Crippen molar-refractivity contribution < 1.29 is 14.3 Å². The van der Waals surface area contributed by atoms with Gasteiger partial charge in [0.05, 0.1) is 19.6 Å². The Hall–Kier alpha value is -2.53. The van der Waals surface area contributed by atoms with E-state index in [-0.39, 0.29) is 24.3 Å². The van der Waals surface area contributed by atoms with Gasteiger partial charge in [0.2, 0.25) is 11.8 Å². The summed E-state index contributed by atoms with van der Waals surface area (Å²) < 4.78 is 5.27. The van der Waals surface area contributed by atoms with E-state index >= 15 is 0 Å². The number of nitrogens with one attached hydrogen (secondary N) is 1. The molecule has 0 radical (unpaired) electrons. The van der Waals surface area contributed by atoms with Crippen LogP contribution in [0.1, 0.15) is 17.5 Å². The number of benzene rings is 2. The highest BCUT2D eigenvalue weighted by Crippen LogP contribution is 2.21. The lowest BCUT2D eigenvalue weighted by atomic mass is 10.1. The number of rotatable bonds is 6. The van der Waals surface area contributed by atoms with Gasteiger partial charge in [0.15, 0.2) is 0 Å². The van der Waals surface area contributed by atoms with Crippen LogP contribution in [-0.2, 0) is 22.6 Å². The molecule has 1 aliphatic rings. The molecule has 2 amide bonds. The Bertz CT molecular complexity index is 809. The highest BCUT2D eigenvalue weighted by Gasteiger charge is 2.30. The number of methoxy groups -OCH3 is 1. The van der Waals surface area contributed by atoms with Crippen molar-refractivity contribution in [3.8, 4) is 5.75 Å². The third-order valence-electron chi connectivity index (χ3n) is 4.44. The van der Waals surface area contributed by atoms with Gasteiger partial charge in [0, 0.05) is 30.1 Å². The van der Waals surface area contributed by atoms with Crippen molar-refractivity contribution in [2.75, 3.05) is 13.7 Å². The van der Waals surface area contributed by atoms with Crippen molar-refractivity contribution in [3.05, 3.63) is 64.7 Å². The van der Waals surface area contributed by atoms with E-state index in [4.69, 9.17) is 16.3 Å². The minimum atomic E-state index is -0.188. The molecule has 3 rings (SSSR count). The molecule has 2 aromatic rings. The zero-order valence-corrected chi connectivity index (χ0v) is 15.3. The van der Waals surface area contributed by atoms with Gasteiger partial charge in [-0.05, 0) is 17.7 Å². The van der Waals surface area contributed by atoms with Crippen molar-refractivity contribution in [1.29, 1.82) is 0 Å². The molecule has 26 heavy (non-hydrogen) atoms. The summed E-state index contributed by atoms with van der Waals surface area (Å²) >= 11 is 6.17. The van der Waals surface area contributed by atoms with Crippen LogP contribution in [0, 0.1) is 0 Å². The molecular formula is C20H21ClN2O3. The van der Waals surface area contributed by atoms with Gasteiger partial charge in [-0.1, -0.05) is 48.0 Å². The van der Waals surface area contributed by atoms with Crippen molar-refractivity contribution in [2.45, 2.75) is 25.4 Å². The summed E-state index contributed by atoms with van der Waals surface area (Å²) in [6.45, 7) is 0.944. The van der Waals surface area contributed by atoms with E-state index in [9.17, 15) is 9.59 Å². The second-order valence-corrected chi connectivity index (χ2v) is 6.73. The molecule has 1 heterocycles. The zero-order chi connectivity index (χ0) is 18.5.